The van der Waals surface area contributed by atoms with E-state index in [0.717, 1.165) is 5.69 Å². The van der Waals surface area contributed by atoms with Gasteiger partial charge >= 0.3 is 0 Å². The lowest BCUT2D eigenvalue weighted by molar-refractivity contribution is 0.332. The molecule has 196 valence electrons. The van der Waals surface area contributed by atoms with Crippen molar-refractivity contribution < 1.29 is 0 Å². The van der Waals surface area contributed by atoms with Crippen LogP contribution in [-0.4, -0.2) is 4.98 Å². The molecule has 0 saturated heterocycles. The minimum absolute atomic E-state index is 0.0536. The van der Waals surface area contributed by atoms with Crippen LogP contribution in [0.5, 0.6) is 0 Å². The van der Waals surface area contributed by atoms with Gasteiger partial charge in [-0.15, -0.1) is 11.3 Å². The number of thiophene rings is 1. The van der Waals surface area contributed by atoms with E-state index in [2.05, 4.69) is 121 Å². The summed E-state index contributed by atoms with van der Waals surface area (Å²) in [7, 11) is 0. The maximum atomic E-state index is 5.06. The first kappa shape index (κ1) is 24.8. The molecule has 0 fully saturated rings. The highest BCUT2D eigenvalue weighted by Gasteiger charge is 2.37. The smallest absolute Gasteiger partial charge is 0.0708 e. The Morgan fingerprint density at radius 1 is 0.692 bits per heavy atom. The second-order valence-corrected chi connectivity index (χ2v) is 15.0. The van der Waals surface area contributed by atoms with Crippen molar-refractivity contribution in [3.63, 3.8) is 0 Å². The standard InChI is InChI=1S/C37H37NS/c1-35(2,3)29-17-24(16-22-10-8-9-11-25(22)29)32-18-23-12-13-26-27-19-30-31(37(6,7)15-14-36(30,4)5)20-33(27)39-34(26)28(23)21-38-32/h8-13,16-21H,14-15H2,1-7H3. The topological polar surface area (TPSA) is 12.9 Å². The highest BCUT2D eigenvalue weighted by atomic mass is 32.1. The lowest BCUT2D eigenvalue weighted by Gasteiger charge is -2.41. The summed E-state index contributed by atoms with van der Waals surface area (Å²) in [6, 6.07) is 25.3. The summed E-state index contributed by atoms with van der Waals surface area (Å²) in [6.45, 7) is 16.6. The quantitative estimate of drug-likeness (QED) is 0.207. The Morgan fingerprint density at radius 3 is 2.13 bits per heavy atom. The van der Waals surface area contributed by atoms with Crippen molar-refractivity contribution in [3.8, 4) is 11.3 Å². The molecule has 2 aromatic heterocycles. The molecule has 7 rings (SSSR count). The predicted octanol–water partition coefficient (Wildman–Crippen LogP) is 11.1. The summed E-state index contributed by atoms with van der Waals surface area (Å²) in [6.07, 6.45) is 4.59. The van der Waals surface area contributed by atoms with Gasteiger partial charge in [0, 0.05) is 37.3 Å². The molecule has 0 unspecified atom stereocenters. The van der Waals surface area contributed by atoms with Crippen LogP contribution < -0.4 is 0 Å². The van der Waals surface area contributed by atoms with Gasteiger partial charge in [0.2, 0.25) is 0 Å². The maximum Gasteiger partial charge on any atom is 0.0708 e. The van der Waals surface area contributed by atoms with Crippen LogP contribution in [0, 0.1) is 0 Å². The Bertz CT molecular complexity index is 1940. The van der Waals surface area contributed by atoms with Crippen LogP contribution in [-0.2, 0) is 16.2 Å². The van der Waals surface area contributed by atoms with Crippen LogP contribution >= 0.6 is 11.3 Å². The van der Waals surface area contributed by atoms with Crippen molar-refractivity contribution in [3.05, 3.63) is 89.6 Å². The molecule has 0 bridgehead atoms. The predicted molar refractivity (Wildman–Crippen MR) is 172 cm³/mol. The zero-order valence-corrected chi connectivity index (χ0v) is 25.0. The van der Waals surface area contributed by atoms with E-state index in [1.165, 1.54) is 76.8 Å². The van der Waals surface area contributed by atoms with Gasteiger partial charge in [-0.3, -0.25) is 4.98 Å². The normalized spacial score (nSPS) is 16.8. The molecule has 2 heteroatoms. The van der Waals surface area contributed by atoms with E-state index in [1.54, 1.807) is 0 Å². The molecule has 39 heavy (non-hydrogen) atoms. The van der Waals surface area contributed by atoms with Crippen molar-refractivity contribution in [2.75, 3.05) is 0 Å². The average molecular weight is 528 g/mol. The van der Waals surface area contributed by atoms with E-state index < -0.39 is 0 Å². The van der Waals surface area contributed by atoms with Crippen LogP contribution in [0.3, 0.4) is 0 Å². The number of hydrogen-bond donors (Lipinski definition) is 0. The molecule has 4 aromatic carbocycles. The van der Waals surface area contributed by atoms with Gasteiger partial charge in [0.15, 0.2) is 0 Å². The number of rotatable bonds is 1. The van der Waals surface area contributed by atoms with Crippen molar-refractivity contribution in [2.45, 2.75) is 77.6 Å². The summed E-state index contributed by atoms with van der Waals surface area (Å²) in [4.78, 5) is 5.06. The number of pyridine rings is 1. The molecule has 1 aliphatic carbocycles. The fourth-order valence-corrected chi connectivity index (χ4v) is 7.99. The van der Waals surface area contributed by atoms with Crippen molar-refractivity contribution in [1.29, 1.82) is 0 Å². The van der Waals surface area contributed by atoms with Crippen LogP contribution in [0.15, 0.2) is 72.9 Å². The minimum atomic E-state index is 0.0536. The highest BCUT2D eigenvalue weighted by molar-refractivity contribution is 7.26. The SMILES string of the molecule is CC(C)(C)c1cc(-c2cc3ccc4c5cc6c(cc5sc4c3cn2)C(C)(C)CCC6(C)C)cc2ccccc12. The molecule has 2 heterocycles. The first-order chi connectivity index (χ1) is 18.4. The average Bonchev–Trinajstić information content (AvgIpc) is 3.27. The Hall–Kier alpha value is -3.23. The largest absolute Gasteiger partial charge is 0.256 e. The molecule has 0 saturated carbocycles. The summed E-state index contributed by atoms with van der Waals surface area (Å²) < 4.78 is 2.75. The Labute approximate surface area is 235 Å². The van der Waals surface area contributed by atoms with Crippen molar-refractivity contribution >= 4 is 53.1 Å². The molecular weight excluding hydrogens is 490 g/mol. The van der Waals surface area contributed by atoms with Gasteiger partial charge in [0.1, 0.15) is 0 Å². The van der Waals surface area contributed by atoms with Gasteiger partial charge in [-0.2, -0.15) is 0 Å². The highest BCUT2D eigenvalue weighted by Crippen LogP contribution is 2.49. The van der Waals surface area contributed by atoms with Gasteiger partial charge in [-0.25, -0.2) is 0 Å². The molecular formula is C37H37NS. The van der Waals surface area contributed by atoms with Crippen LogP contribution in [0.25, 0.3) is 53.0 Å². The van der Waals surface area contributed by atoms with E-state index >= 15 is 0 Å². The number of fused-ring (bicyclic) bond motifs is 7. The molecule has 6 aromatic rings. The number of nitrogens with zero attached hydrogens (tertiary/aromatic N) is 1. The van der Waals surface area contributed by atoms with E-state index in [1.807, 2.05) is 11.3 Å². The minimum Gasteiger partial charge on any atom is -0.256 e. The lowest BCUT2D eigenvalue weighted by Crippen LogP contribution is -2.33. The first-order valence-corrected chi connectivity index (χ1v) is 15.1. The fourth-order valence-electron chi connectivity index (χ4n) is 6.75. The molecule has 0 atom stereocenters. The fraction of sp³-hybridized carbons (Fsp3) is 0.324. The molecule has 1 aliphatic rings. The third-order valence-corrected chi connectivity index (χ3v) is 10.5. The summed E-state index contributed by atoms with van der Waals surface area (Å²) >= 11 is 1.93. The zero-order chi connectivity index (χ0) is 27.3. The molecule has 0 spiro atoms. The number of aromatic nitrogens is 1. The third kappa shape index (κ3) is 3.83. The summed E-state index contributed by atoms with van der Waals surface area (Å²) in [5, 5.41) is 7.88. The Kier molecular flexibility index (Phi) is 5.18. The van der Waals surface area contributed by atoms with Gasteiger partial charge in [0.05, 0.1) is 5.69 Å². The Balaban J connectivity index is 1.42. The summed E-state index contributed by atoms with van der Waals surface area (Å²) in [5.41, 5.74) is 7.16. The van der Waals surface area contributed by atoms with Gasteiger partial charge in [-0.05, 0) is 92.3 Å². The molecule has 0 amide bonds. The zero-order valence-electron chi connectivity index (χ0n) is 24.2. The summed E-state index contributed by atoms with van der Waals surface area (Å²) in [5.74, 6) is 0. The van der Waals surface area contributed by atoms with Crippen LogP contribution in [0.4, 0.5) is 0 Å². The Morgan fingerprint density at radius 2 is 1.38 bits per heavy atom. The lowest BCUT2D eigenvalue weighted by atomic mass is 9.63. The van der Waals surface area contributed by atoms with Crippen LogP contribution in [0.1, 0.15) is 78.0 Å². The second-order valence-electron chi connectivity index (χ2n) is 14.0. The monoisotopic (exact) mass is 527 g/mol. The van der Waals surface area contributed by atoms with E-state index in [4.69, 9.17) is 4.98 Å². The molecule has 1 nitrogen and oxygen atoms in total. The third-order valence-electron chi connectivity index (χ3n) is 9.28. The van der Waals surface area contributed by atoms with E-state index in [-0.39, 0.29) is 16.2 Å². The van der Waals surface area contributed by atoms with E-state index in [9.17, 15) is 0 Å². The van der Waals surface area contributed by atoms with Crippen LogP contribution in [0.2, 0.25) is 0 Å². The van der Waals surface area contributed by atoms with E-state index in [0.29, 0.717) is 0 Å². The van der Waals surface area contributed by atoms with Gasteiger partial charge in [-0.1, -0.05) is 84.9 Å². The van der Waals surface area contributed by atoms with Crippen molar-refractivity contribution in [2.24, 2.45) is 0 Å². The first-order valence-electron chi connectivity index (χ1n) is 14.3. The molecule has 0 N–H and O–H groups in total. The number of benzene rings is 4. The van der Waals surface area contributed by atoms with Crippen molar-refractivity contribution in [1.82, 2.24) is 4.98 Å². The maximum absolute atomic E-state index is 5.06. The van der Waals surface area contributed by atoms with Gasteiger partial charge < -0.3 is 0 Å². The molecule has 0 radical (unpaired) electrons. The number of hydrogen-bond acceptors (Lipinski definition) is 2. The second kappa shape index (κ2) is 8.15. The molecule has 0 aliphatic heterocycles. The van der Waals surface area contributed by atoms with Gasteiger partial charge in [0.25, 0.3) is 0 Å².